The number of anilines is 2. The fourth-order valence-corrected chi connectivity index (χ4v) is 3.03. The Morgan fingerprint density at radius 1 is 1.12 bits per heavy atom. The third kappa shape index (κ3) is 3.94. The summed E-state index contributed by atoms with van der Waals surface area (Å²) in [7, 11) is 0. The van der Waals surface area contributed by atoms with Crippen LogP contribution in [0.5, 0.6) is 0 Å². The van der Waals surface area contributed by atoms with E-state index in [0.29, 0.717) is 18.1 Å². The Kier molecular flexibility index (Phi) is 4.95. The van der Waals surface area contributed by atoms with Crippen molar-refractivity contribution in [3.8, 4) is 0 Å². The number of benzene rings is 2. The number of amides is 3. The summed E-state index contributed by atoms with van der Waals surface area (Å²) < 4.78 is 0. The molecule has 1 heterocycles. The van der Waals surface area contributed by atoms with Gasteiger partial charge >= 0.3 is 6.03 Å². The van der Waals surface area contributed by atoms with Crippen molar-refractivity contribution in [3.05, 3.63) is 58.6 Å². The molecule has 3 amide bonds. The van der Waals surface area contributed by atoms with Crippen LogP contribution in [0, 0.1) is 13.8 Å². The maximum atomic E-state index is 12.5. The van der Waals surface area contributed by atoms with E-state index in [4.69, 9.17) is 11.6 Å². The number of nitrogens with zero attached hydrogens (tertiary/aromatic N) is 2. The molecule has 0 bridgehead atoms. The maximum absolute atomic E-state index is 12.5. The van der Waals surface area contributed by atoms with E-state index in [1.54, 1.807) is 34.1 Å². The fourth-order valence-electron chi connectivity index (χ4n) is 2.91. The lowest BCUT2D eigenvalue weighted by molar-refractivity contribution is -0.116. The van der Waals surface area contributed by atoms with Crippen LogP contribution >= 0.6 is 11.6 Å². The quantitative estimate of drug-likeness (QED) is 0.903. The highest BCUT2D eigenvalue weighted by Gasteiger charge is 2.30. The molecule has 3 rings (SSSR count). The van der Waals surface area contributed by atoms with Gasteiger partial charge in [-0.15, -0.1) is 0 Å². The second-order valence-electron chi connectivity index (χ2n) is 6.20. The highest BCUT2D eigenvalue weighted by Crippen LogP contribution is 2.22. The van der Waals surface area contributed by atoms with Crippen molar-refractivity contribution in [1.82, 2.24) is 4.90 Å². The Hall–Kier alpha value is -2.53. The number of urea groups is 1. The van der Waals surface area contributed by atoms with Gasteiger partial charge in [0.05, 0.1) is 0 Å². The Morgan fingerprint density at radius 3 is 2.52 bits per heavy atom. The lowest BCUT2D eigenvalue weighted by Crippen LogP contribution is -2.37. The number of carbonyl (C=O) groups excluding carboxylic acids is 2. The lowest BCUT2D eigenvalue weighted by atomic mass is 10.1. The van der Waals surface area contributed by atoms with Crippen molar-refractivity contribution >= 4 is 34.9 Å². The summed E-state index contributed by atoms with van der Waals surface area (Å²) in [5.41, 5.74) is 3.70. The molecule has 0 spiro atoms. The molecule has 1 fully saturated rings. The summed E-state index contributed by atoms with van der Waals surface area (Å²) in [6.45, 7) is 5.06. The van der Waals surface area contributed by atoms with Crippen LogP contribution in [0.2, 0.25) is 5.02 Å². The van der Waals surface area contributed by atoms with Crippen molar-refractivity contribution < 1.29 is 9.59 Å². The van der Waals surface area contributed by atoms with Gasteiger partial charge in [-0.05, 0) is 49.7 Å². The molecule has 25 heavy (non-hydrogen) atoms. The third-order valence-corrected chi connectivity index (χ3v) is 4.48. The van der Waals surface area contributed by atoms with E-state index in [2.05, 4.69) is 5.32 Å². The Morgan fingerprint density at radius 2 is 1.84 bits per heavy atom. The van der Waals surface area contributed by atoms with Crippen molar-refractivity contribution in [2.45, 2.75) is 13.8 Å². The molecule has 0 atom stereocenters. The average molecular weight is 358 g/mol. The minimum absolute atomic E-state index is 0.0379. The first-order valence-corrected chi connectivity index (χ1v) is 8.51. The van der Waals surface area contributed by atoms with E-state index in [1.807, 2.05) is 32.0 Å². The Balaban J connectivity index is 1.62. The normalized spacial score (nSPS) is 14.1. The lowest BCUT2D eigenvalue weighted by Gasteiger charge is -2.19. The van der Waals surface area contributed by atoms with Gasteiger partial charge in [0.2, 0.25) is 5.91 Å². The summed E-state index contributed by atoms with van der Waals surface area (Å²) in [6, 6.07) is 12.8. The summed E-state index contributed by atoms with van der Waals surface area (Å²) in [5, 5.41) is 3.50. The zero-order chi connectivity index (χ0) is 18.0. The fraction of sp³-hybridized carbons (Fsp3) is 0.263. The minimum atomic E-state index is -0.196. The van der Waals surface area contributed by atoms with Crippen molar-refractivity contribution in [3.63, 3.8) is 0 Å². The number of halogens is 1. The number of carbonyl (C=O) groups is 2. The molecule has 0 aromatic heterocycles. The van der Waals surface area contributed by atoms with Crippen LogP contribution in [-0.4, -0.2) is 36.5 Å². The molecule has 5 nitrogen and oxygen atoms in total. The topological polar surface area (TPSA) is 52.7 Å². The highest BCUT2D eigenvalue weighted by molar-refractivity contribution is 6.30. The van der Waals surface area contributed by atoms with Crippen molar-refractivity contribution in [1.29, 1.82) is 0 Å². The predicted molar refractivity (Wildman–Crippen MR) is 100 cm³/mol. The van der Waals surface area contributed by atoms with Crippen LogP contribution in [0.3, 0.4) is 0 Å². The first-order chi connectivity index (χ1) is 11.9. The van der Waals surface area contributed by atoms with Gasteiger partial charge in [-0.3, -0.25) is 9.69 Å². The molecule has 1 aliphatic rings. The molecule has 1 saturated heterocycles. The number of aryl methyl sites for hydroxylation is 2. The molecule has 0 radical (unpaired) electrons. The molecule has 0 saturated carbocycles. The van der Waals surface area contributed by atoms with Crippen molar-refractivity contribution in [2.24, 2.45) is 0 Å². The van der Waals surface area contributed by atoms with Crippen LogP contribution in [0.25, 0.3) is 0 Å². The molecule has 2 aromatic rings. The van der Waals surface area contributed by atoms with E-state index in [9.17, 15) is 9.59 Å². The van der Waals surface area contributed by atoms with Crippen LogP contribution in [-0.2, 0) is 4.79 Å². The average Bonchev–Trinajstić information content (AvgIpc) is 2.92. The molecule has 0 aliphatic carbocycles. The Labute approximate surface area is 152 Å². The Bertz CT molecular complexity index is 805. The zero-order valence-electron chi connectivity index (χ0n) is 14.3. The third-order valence-electron chi connectivity index (χ3n) is 4.22. The standard InChI is InChI=1S/C19H20ClN3O2/c1-13-3-8-17(14(2)11-13)21-18(24)12-22-9-10-23(19(22)25)16-6-4-15(20)5-7-16/h3-8,11H,9-10,12H2,1-2H3,(H,21,24). The second-order valence-corrected chi connectivity index (χ2v) is 6.64. The summed E-state index contributed by atoms with van der Waals surface area (Å²) in [4.78, 5) is 28.0. The van der Waals surface area contributed by atoms with Crippen LogP contribution in [0.4, 0.5) is 16.2 Å². The molecule has 0 unspecified atom stereocenters. The summed E-state index contributed by atoms with van der Waals surface area (Å²) in [5.74, 6) is -0.196. The molecular weight excluding hydrogens is 338 g/mol. The number of rotatable bonds is 4. The van der Waals surface area contributed by atoms with Gasteiger partial charge in [-0.2, -0.15) is 0 Å². The molecule has 130 valence electrons. The SMILES string of the molecule is Cc1ccc(NC(=O)CN2CCN(c3ccc(Cl)cc3)C2=O)c(C)c1. The summed E-state index contributed by atoms with van der Waals surface area (Å²) in [6.07, 6.45) is 0. The number of hydrogen-bond acceptors (Lipinski definition) is 2. The van der Waals surface area contributed by atoms with Gasteiger partial charge in [0.1, 0.15) is 6.54 Å². The molecule has 1 N–H and O–H groups in total. The molecule has 2 aromatic carbocycles. The van der Waals surface area contributed by atoms with Crippen molar-refractivity contribution in [2.75, 3.05) is 29.9 Å². The van der Waals surface area contributed by atoms with Gasteiger partial charge in [-0.1, -0.05) is 29.3 Å². The zero-order valence-corrected chi connectivity index (χ0v) is 15.0. The first kappa shape index (κ1) is 17.3. The molecule has 6 heteroatoms. The number of hydrogen-bond donors (Lipinski definition) is 1. The predicted octanol–water partition coefficient (Wildman–Crippen LogP) is 3.84. The largest absolute Gasteiger partial charge is 0.325 e. The second kappa shape index (κ2) is 7.15. The van der Waals surface area contributed by atoms with Gasteiger partial charge in [0.25, 0.3) is 0 Å². The highest BCUT2D eigenvalue weighted by atomic mass is 35.5. The van der Waals surface area contributed by atoms with Gasteiger partial charge in [-0.25, -0.2) is 4.79 Å². The minimum Gasteiger partial charge on any atom is -0.324 e. The van der Waals surface area contributed by atoms with Gasteiger partial charge < -0.3 is 10.2 Å². The monoisotopic (exact) mass is 357 g/mol. The van der Waals surface area contributed by atoms with E-state index < -0.39 is 0 Å². The van der Waals surface area contributed by atoms with Gasteiger partial charge in [0, 0.05) is 29.5 Å². The molecular formula is C19H20ClN3O2. The van der Waals surface area contributed by atoms with E-state index in [-0.39, 0.29) is 18.5 Å². The summed E-state index contributed by atoms with van der Waals surface area (Å²) >= 11 is 5.88. The van der Waals surface area contributed by atoms with Gasteiger partial charge in [0.15, 0.2) is 0 Å². The van der Waals surface area contributed by atoms with E-state index >= 15 is 0 Å². The number of nitrogens with one attached hydrogen (secondary N) is 1. The van der Waals surface area contributed by atoms with Crippen LogP contribution in [0.1, 0.15) is 11.1 Å². The van der Waals surface area contributed by atoms with E-state index in [1.165, 1.54) is 0 Å². The van der Waals surface area contributed by atoms with Crippen LogP contribution in [0.15, 0.2) is 42.5 Å². The smallest absolute Gasteiger partial charge is 0.324 e. The maximum Gasteiger partial charge on any atom is 0.325 e. The van der Waals surface area contributed by atoms with E-state index in [0.717, 1.165) is 22.5 Å². The van der Waals surface area contributed by atoms with Crippen LogP contribution < -0.4 is 10.2 Å². The first-order valence-electron chi connectivity index (χ1n) is 8.13. The molecule has 1 aliphatic heterocycles.